The minimum absolute atomic E-state index is 0.224. The molecular weight excluding hydrogens is 168 g/mol. The van der Waals surface area contributed by atoms with E-state index in [4.69, 9.17) is 20.1 Å². The first kappa shape index (κ1) is 8.86. The van der Waals surface area contributed by atoms with Crippen LogP contribution in [0.5, 0.6) is 0 Å². The molecule has 0 saturated heterocycles. The van der Waals surface area contributed by atoms with E-state index in [-0.39, 0.29) is 11.7 Å². The summed E-state index contributed by atoms with van der Waals surface area (Å²) in [5.41, 5.74) is 0. The Labute approximate surface area is 69.5 Å². The number of aliphatic hydroxyl groups is 3. The number of ether oxygens (including phenoxy) is 1. The van der Waals surface area contributed by atoms with Gasteiger partial charge in [-0.2, -0.15) is 0 Å². The van der Waals surface area contributed by atoms with Gasteiger partial charge in [0.2, 0.25) is 0 Å². The molecular formula is C6H10O4S. The van der Waals surface area contributed by atoms with Crippen molar-refractivity contribution < 1.29 is 20.1 Å². The lowest BCUT2D eigenvalue weighted by atomic mass is 10.1. The zero-order valence-corrected chi connectivity index (χ0v) is 6.61. The lowest BCUT2D eigenvalue weighted by Gasteiger charge is -2.29. The second-order valence-electron chi connectivity index (χ2n) is 2.32. The Kier molecular flexibility index (Phi) is 2.78. The molecule has 0 fully saturated rings. The van der Waals surface area contributed by atoms with Gasteiger partial charge in [-0.3, -0.25) is 0 Å². The van der Waals surface area contributed by atoms with Crippen LogP contribution in [-0.2, 0) is 4.74 Å². The van der Waals surface area contributed by atoms with Crippen LogP contribution in [0.1, 0.15) is 0 Å². The van der Waals surface area contributed by atoms with Gasteiger partial charge in [0.1, 0.15) is 17.3 Å². The summed E-state index contributed by atoms with van der Waals surface area (Å²) in [6, 6.07) is 0. The quantitative estimate of drug-likeness (QED) is 0.383. The van der Waals surface area contributed by atoms with Gasteiger partial charge in [0.15, 0.2) is 6.10 Å². The van der Waals surface area contributed by atoms with Gasteiger partial charge in [0.05, 0.1) is 6.61 Å². The van der Waals surface area contributed by atoms with Gasteiger partial charge < -0.3 is 20.1 Å². The van der Waals surface area contributed by atoms with Crippen molar-refractivity contribution in [1.82, 2.24) is 0 Å². The maximum Gasteiger partial charge on any atom is 0.151 e. The number of thiol groups is 1. The summed E-state index contributed by atoms with van der Waals surface area (Å²) in [6.07, 6.45) is -1.58. The van der Waals surface area contributed by atoms with Crippen molar-refractivity contribution in [3.63, 3.8) is 0 Å². The van der Waals surface area contributed by atoms with Crippen molar-refractivity contribution in [3.8, 4) is 0 Å². The molecule has 0 radical (unpaired) electrons. The largest absolute Gasteiger partial charge is 0.479 e. The van der Waals surface area contributed by atoms with E-state index in [0.717, 1.165) is 0 Å². The van der Waals surface area contributed by atoms with E-state index in [9.17, 15) is 0 Å². The average molecular weight is 178 g/mol. The zero-order valence-electron chi connectivity index (χ0n) is 5.71. The summed E-state index contributed by atoms with van der Waals surface area (Å²) in [4.78, 5) is 0. The molecule has 0 aromatic heterocycles. The maximum absolute atomic E-state index is 9.14. The third kappa shape index (κ3) is 1.87. The van der Waals surface area contributed by atoms with Crippen LogP contribution in [0.2, 0.25) is 0 Å². The molecule has 3 unspecified atom stereocenters. The summed E-state index contributed by atoms with van der Waals surface area (Å²) >= 11 is 3.83. The molecule has 0 spiro atoms. The van der Waals surface area contributed by atoms with E-state index < -0.39 is 18.3 Å². The van der Waals surface area contributed by atoms with Crippen molar-refractivity contribution in [2.45, 2.75) is 18.3 Å². The first-order valence-electron chi connectivity index (χ1n) is 3.19. The van der Waals surface area contributed by atoms with Gasteiger partial charge in [0.25, 0.3) is 0 Å². The summed E-state index contributed by atoms with van der Waals surface area (Å²) in [5.74, 6) is 0. The lowest BCUT2D eigenvalue weighted by molar-refractivity contribution is -0.0837. The molecule has 3 N–H and O–H groups in total. The summed E-state index contributed by atoms with van der Waals surface area (Å²) in [6.45, 7) is -0.337. The fourth-order valence-corrected chi connectivity index (χ4v) is 1.16. The second-order valence-corrected chi connectivity index (χ2v) is 2.77. The van der Waals surface area contributed by atoms with E-state index in [1.165, 1.54) is 6.08 Å². The Morgan fingerprint density at radius 3 is 2.73 bits per heavy atom. The highest BCUT2D eigenvalue weighted by Gasteiger charge is 2.30. The average Bonchev–Trinajstić information content (AvgIpc) is 1.96. The smallest absolute Gasteiger partial charge is 0.151 e. The summed E-state index contributed by atoms with van der Waals surface area (Å²) < 4.78 is 4.88. The Bertz CT molecular complexity index is 170. The fraction of sp³-hybridized carbons (Fsp3) is 0.667. The third-order valence-corrected chi connectivity index (χ3v) is 1.75. The van der Waals surface area contributed by atoms with E-state index >= 15 is 0 Å². The topological polar surface area (TPSA) is 69.9 Å². The molecule has 1 heterocycles. The normalized spacial score (nSPS) is 37.8. The highest BCUT2D eigenvalue weighted by atomic mass is 32.1. The van der Waals surface area contributed by atoms with E-state index in [1.54, 1.807) is 0 Å². The fourth-order valence-electron chi connectivity index (χ4n) is 0.874. The second kappa shape index (κ2) is 3.44. The van der Waals surface area contributed by atoms with E-state index in [1.807, 2.05) is 0 Å². The van der Waals surface area contributed by atoms with Crippen LogP contribution in [0.15, 0.2) is 11.2 Å². The molecule has 64 valence electrons. The van der Waals surface area contributed by atoms with Crippen molar-refractivity contribution in [1.29, 1.82) is 0 Å². The predicted molar refractivity (Wildman–Crippen MR) is 41.0 cm³/mol. The molecule has 0 bridgehead atoms. The van der Waals surface area contributed by atoms with Crippen LogP contribution in [0.4, 0.5) is 0 Å². The van der Waals surface area contributed by atoms with Crippen LogP contribution < -0.4 is 0 Å². The van der Waals surface area contributed by atoms with Crippen LogP contribution >= 0.6 is 12.6 Å². The molecule has 0 aromatic carbocycles. The number of aliphatic hydroxyl groups excluding tert-OH is 3. The number of hydrogen-bond acceptors (Lipinski definition) is 5. The van der Waals surface area contributed by atoms with Crippen LogP contribution in [0.25, 0.3) is 0 Å². The molecule has 3 atom stereocenters. The third-order valence-electron chi connectivity index (χ3n) is 1.50. The standard InChI is InChI=1S/C6H10O4S/c7-2-4-6(9)3(8)1-5(11)10-4/h1,3-4,6-9,11H,2H2. The van der Waals surface area contributed by atoms with Crippen molar-refractivity contribution in [2.24, 2.45) is 0 Å². The highest BCUT2D eigenvalue weighted by Crippen LogP contribution is 2.19. The zero-order chi connectivity index (χ0) is 8.43. The molecule has 4 nitrogen and oxygen atoms in total. The molecule has 0 aliphatic carbocycles. The predicted octanol–water partition coefficient (Wildman–Crippen LogP) is -1.13. The molecule has 0 amide bonds. The monoisotopic (exact) mass is 178 g/mol. The Morgan fingerprint density at radius 2 is 2.18 bits per heavy atom. The first-order chi connectivity index (χ1) is 5.15. The van der Waals surface area contributed by atoms with Gasteiger partial charge in [0, 0.05) is 0 Å². The minimum atomic E-state index is -1.07. The molecule has 5 heteroatoms. The van der Waals surface area contributed by atoms with Crippen LogP contribution in [0.3, 0.4) is 0 Å². The Hall–Kier alpha value is -0.230. The van der Waals surface area contributed by atoms with E-state index in [2.05, 4.69) is 12.6 Å². The molecule has 11 heavy (non-hydrogen) atoms. The lowest BCUT2D eigenvalue weighted by Crippen LogP contribution is -2.43. The van der Waals surface area contributed by atoms with Gasteiger partial charge in [-0.15, -0.1) is 12.6 Å². The van der Waals surface area contributed by atoms with E-state index in [0.29, 0.717) is 0 Å². The molecule has 0 aromatic rings. The Balaban J connectivity index is 2.67. The molecule has 0 saturated carbocycles. The van der Waals surface area contributed by atoms with Gasteiger partial charge in [-0.05, 0) is 6.08 Å². The SMILES string of the molecule is OCC1OC(S)=CC(O)C1O. The van der Waals surface area contributed by atoms with Crippen molar-refractivity contribution in [3.05, 3.63) is 11.2 Å². The van der Waals surface area contributed by atoms with Gasteiger partial charge in [-0.25, -0.2) is 0 Å². The van der Waals surface area contributed by atoms with Crippen LogP contribution in [0, 0.1) is 0 Å². The van der Waals surface area contributed by atoms with Crippen LogP contribution in [-0.4, -0.2) is 40.2 Å². The number of rotatable bonds is 1. The summed E-state index contributed by atoms with van der Waals surface area (Å²) in [5, 5.41) is 27.1. The van der Waals surface area contributed by atoms with Gasteiger partial charge in [-0.1, -0.05) is 0 Å². The first-order valence-corrected chi connectivity index (χ1v) is 3.64. The highest BCUT2D eigenvalue weighted by molar-refractivity contribution is 7.84. The summed E-state index contributed by atoms with van der Waals surface area (Å²) in [7, 11) is 0. The molecule has 1 aliphatic heterocycles. The maximum atomic E-state index is 9.14. The minimum Gasteiger partial charge on any atom is -0.479 e. The van der Waals surface area contributed by atoms with Crippen molar-refractivity contribution in [2.75, 3.05) is 6.61 Å². The van der Waals surface area contributed by atoms with Gasteiger partial charge >= 0.3 is 0 Å². The Morgan fingerprint density at radius 1 is 1.55 bits per heavy atom. The molecule has 1 aliphatic rings. The van der Waals surface area contributed by atoms with Crippen molar-refractivity contribution >= 4 is 12.6 Å². The molecule has 1 rings (SSSR count). The number of hydrogen-bond donors (Lipinski definition) is 4.